The summed E-state index contributed by atoms with van der Waals surface area (Å²) in [6.07, 6.45) is 0. The maximum Gasteiger partial charge on any atom is 0.327 e. The molecule has 38 heavy (non-hydrogen) atoms. The largest absolute Gasteiger partial charge is 0.480 e. The number of hydrogen-bond acceptors (Lipinski definition) is 6. The van der Waals surface area contributed by atoms with E-state index in [1.165, 1.54) is 22.7 Å². The first-order valence-electron chi connectivity index (χ1n) is 11.5. The van der Waals surface area contributed by atoms with E-state index in [1.807, 2.05) is 0 Å². The SMILES string of the molecule is CC1(C)S[C@@H]2C(NC(=O)C(NC(=O)CN=C(N)c3cc(Cl)cc(Cl)c3)c3ccccc3)C(=O)N2[C@H]1C(=O)O. The summed E-state index contributed by atoms with van der Waals surface area (Å²) in [6.45, 7) is 3.12. The number of nitrogens with one attached hydrogen (secondary N) is 2. The zero-order chi connectivity index (χ0) is 27.8. The molecule has 2 aliphatic heterocycles. The predicted molar refractivity (Wildman–Crippen MR) is 145 cm³/mol. The third-order valence-corrected chi connectivity index (χ3v) is 8.23. The van der Waals surface area contributed by atoms with Gasteiger partial charge in [0.05, 0.1) is 0 Å². The third-order valence-electron chi connectivity index (χ3n) is 6.22. The molecule has 2 aromatic carbocycles. The van der Waals surface area contributed by atoms with Gasteiger partial charge in [-0.15, -0.1) is 11.8 Å². The molecule has 2 unspecified atom stereocenters. The summed E-state index contributed by atoms with van der Waals surface area (Å²) < 4.78 is -0.732. The number of nitrogens with zero attached hydrogens (tertiary/aromatic N) is 2. The standard InChI is InChI=1S/C25H25Cl2N5O5S/c1-25(2)19(24(36)37)32-22(35)18(23(32)38-25)31-21(34)17(12-6-4-3-5-7-12)30-16(33)11-29-20(28)13-8-14(26)10-15(27)9-13/h3-10,17-19,23H,11H2,1-2H3,(H2,28,29)(H,30,33)(H,31,34)(H,36,37)/t17?,18?,19-,23+/m0/s1. The van der Waals surface area contributed by atoms with Gasteiger partial charge in [0.1, 0.15) is 35.9 Å². The Morgan fingerprint density at radius 3 is 2.39 bits per heavy atom. The molecule has 0 spiro atoms. The van der Waals surface area contributed by atoms with Crippen LogP contribution < -0.4 is 16.4 Å². The summed E-state index contributed by atoms with van der Waals surface area (Å²) >= 11 is 13.3. The fraction of sp³-hybridized carbons (Fsp3) is 0.320. The Bertz CT molecular complexity index is 1300. The maximum atomic E-state index is 13.3. The van der Waals surface area contributed by atoms with Crippen LogP contribution >= 0.6 is 35.0 Å². The molecule has 5 N–H and O–H groups in total. The lowest BCUT2D eigenvalue weighted by Gasteiger charge is -2.44. The minimum atomic E-state index is -1.13. The number of amides is 3. The number of carbonyl (C=O) groups is 4. The van der Waals surface area contributed by atoms with Crippen LogP contribution in [-0.4, -0.2) is 68.3 Å². The molecular formula is C25H25Cl2N5O5S. The van der Waals surface area contributed by atoms with E-state index in [9.17, 15) is 24.3 Å². The van der Waals surface area contributed by atoms with E-state index < -0.39 is 51.9 Å². The average Bonchev–Trinajstić information content (AvgIpc) is 3.12. The summed E-state index contributed by atoms with van der Waals surface area (Å²) in [7, 11) is 0. The predicted octanol–water partition coefficient (Wildman–Crippen LogP) is 2.19. The van der Waals surface area contributed by atoms with Crippen molar-refractivity contribution in [1.29, 1.82) is 0 Å². The van der Waals surface area contributed by atoms with Gasteiger partial charge in [0.2, 0.25) is 17.7 Å². The molecule has 13 heteroatoms. The Hall–Kier alpha value is -3.28. The van der Waals surface area contributed by atoms with E-state index in [-0.39, 0.29) is 12.4 Å². The van der Waals surface area contributed by atoms with Gasteiger partial charge in [-0.3, -0.25) is 19.4 Å². The average molecular weight is 578 g/mol. The maximum absolute atomic E-state index is 13.3. The number of carboxylic acid groups (broad SMARTS) is 1. The molecule has 0 radical (unpaired) electrons. The first-order valence-corrected chi connectivity index (χ1v) is 13.2. The second-order valence-corrected chi connectivity index (χ2v) is 12.0. The summed E-state index contributed by atoms with van der Waals surface area (Å²) in [5.41, 5.74) is 6.91. The van der Waals surface area contributed by atoms with E-state index in [1.54, 1.807) is 56.3 Å². The quantitative estimate of drug-likeness (QED) is 0.213. The highest BCUT2D eigenvalue weighted by Crippen LogP contribution is 2.50. The topological polar surface area (TPSA) is 154 Å². The number of carboxylic acids is 1. The molecule has 4 atom stereocenters. The highest BCUT2D eigenvalue weighted by Gasteiger charge is 2.64. The van der Waals surface area contributed by atoms with Crippen LogP contribution in [0.25, 0.3) is 0 Å². The molecule has 2 saturated heterocycles. The van der Waals surface area contributed by atoms with E-state index >= 15 is 0 Å². The van der Waals surface area contributed by atoms with Crippen LogP contribution in [0.2, 0.25) is 10.0 Å². The molecule has 3 amide bonds. The van der Waals surface area contributed by atoms with E-state index in [2.05, 4.69) is 15.6 Å². The Morgan fingerprint density at radius 1 is 1.16 bits per heavy atom. The van der Waals surface area contributed by atoms with Crippen LogP contribution in [-0.2, 0) is 19.2 Å². The molecule has 4 rings (SSSR count). The Kier molecular flexibility index (Phi) is 7.91. The molecular weight excluding hydrogens is 553 g/mol. The van der Waals surface area contributed by atoms with Gasteiger partial charge < -0.3 is 26.4 Å². The molecule has 0 aromatic heterocycles. The Labute approximate surface area is 232 Å². The normalized spacial score (nSPS) is 22.7. The number of nitrogens with two attached hydrogens (primary N) is 1. The number of carbonyl (C=O) groups excluding carboxylic acids is 3. The zero-order valence-corrected chi connectivity index (χ0v) is 22.7. The second-order valence-electron chi connectivity index (χ2n) is 9.36. The molecule has 2 heterocycles. The van der Waals surface area contributed by atoms with E-state index in [4.69, 9.17) is 28.9 Å². The summed E-state index contributed by atoms with van der Waals surface area (Å²) in [6, 6.07) is 10.1. The molecule has 2 aromatic rings. The van der Waals surface area contributed by atoms with Crippen LogP contribution in [0.4, 0.5) is 0 Å². The van der Waals surface area contributed by atoms with Crippen molar-refractivity contribution in [2.45, 2.75) is 42.1 Å². The molecule has 10 nitrogen and oxygen atoms in total. The number of halogens is 2. The Morgan fingerprint density at radius 2 is 1.79 bits per heavy atom. The lowest BCUT2D eigenvalue weighted by Crippen LogP contribution is -2.71. The highest BCUT2D eigenvalue weighted by atomic mass is 35.5. The number of benzene rings is 2. The fourth-order valence-corrected chi connectivity index (χ4v) is 6.64. The van der Waals surface area contributed by atoms with Gasteiger partial charge >= 0.3 is 5.97 Å². The van der Waals surface area contributed by atoms with Gasteiger partial charge in [-0.05, 0) is 37.6 Å². The number of β-lactam (4-membered cyclic amide) rings is 1. The van der Waals surface area contributed by atoms with Crippen LogP contribution in [0.3, 0.4) is 0 Å². The van der Waals surface area contributed by atoms with Crippen molar-refractivity contribution in [2.75, 3.05) is 6.54 Å². The molecule has 0 bridgehead atoms. The summed E-state index contributed by atoms with van der Waals surface area (Å²) in [4.78, 5) is 56.0. The van der Waals surface area contributed by atoms with Gasteiger partial charge in [0, 0.05) is 20.4 Å². The number of aliphatic carboxylic acids is 1. The zero-order valence-electron chi connectivity index (χ0n) is 20.4. The van der Waals surface area contributed by atoms with Crippen molar-refractivity contribution in [3.05, 3.63) is 69.7 Å². The van der Waals surface area contributed by atoms with Crippen molar-refractivity contribution < 1.29 is 24.3 Å². The number of aliphatic imine (C=N–C) groups is 1. The summed E-state index contributed by atoms with van der Waals surface area (Å²) in [5, 5.41) is 15.1. The lowest BCUT2D eigenvalue weighted by molar-refractivity contribution is -0.161. The van der Waals surface area contributed by atoms with Crippen LogP contribution in [0.1, 0.15) is 31.0 Å². The monoisotopic (exact) mass is 577 g/mol. The molecule has 2 aliphatic rings. The number of amidine groups is 1. The van der Waals surface area contributed by atoms with Crippen molar-refractivity contribution in [3.8, 4) is 0 Å². The van der Waals surface area contributed by atoms with Crippen LogP contribution in [0.5, 0.6) is 0 Å². The van der Waals surface area contributed by atoms with Crippen molar-refractivity contribution >= 4 is 64.5 Å². The van der Waals surface area contributed by atoms with Crippen molar-refractivity contribution in [1.82, 2.24) is 15.5 Å². The lowest BCUT2D eigenvalue weighted by atomic mass is 9.95. The van der Waals surface area contributed by atoms with Gasteiger partial charge in [0.25, 0.3) is 0 Å². The van der Waals surface area contributed by atoms with Crippen molar-refractivity contribution in [3.63, 3.8) is 0 Å². The molecule has 0 saturated carbocycles. The highest BCUT2D eigenvalue weighted by molar-refractivity contribution is 8.01. The Balaban J connectivity index is 1.47. The number of fused-ring (bicyclic) bond motifs is 1. The van der Waals surface area contributed by atoms with Gasteiger partial charge in [-0.25, -0.2) is 4.79 Å². The first kappa shape index (κ1) is 27.7. The van der Waals surface area contributed by atoms with E-state index in [0.29, 0.717) is 21.2 Å². The van der Waals surface area contributed by atoms with Gasteiger partial charge in [0.15, 0.2) is 0 Å². The minimum absolute atomic E-state index is 0.0410. The first-order chi connectivity index (χ1) is 17.9. The molecule has 0 aliphatic carbocycles. The van der Waals surface area contributed by atoms with Gasteiger partial charge in [-0.2, -0.15) is 0 Å². The minimum Gasteiger partial charge on any atom is -0.480 e. The second kappa shape index (κ2) is 10.8. The smallest absolute Gasteiger partial charge is 0.327 e. The number of thioether (sulfide) groups is 1. The van der Waals surface area contributed by atoms with Crippen LogP contribution in [0, 0.1) is 0 Å². The summed E-state index contributed by atoms with van der Waals surface area (Å²) in [5.74, 6) is -2.74. The third kappa shape index (κ3) is 5.59. The molecule has 200 valence electrons. The van der Waals surface area contributed by atoms with Gasteiger partial charge in [-0.1, -0.05) is 53.5 Å². The van der Waals surface area contributed by atoms with Crippen LogP contribution in [0.15, 0.2) is 53.5 Å². The van der Waals surface area contributed by atoms with E-state index in [0.717, 1.165) is 0 Å². The van der Waals surface area contributed by atoms with Crippen molar-refractivity contribution in [2.24, 2.45) is 10.7 Å². The molecule has 2 fully saturated rings. The number of rotatable bonds is 8. The fourth-order valence-electron chi connectivity index (χ4n) is 4.48. The number of hydrogen-bond donors (Lipinski definition) is 4.